The van der Waals surface area contributed by atoms with Crippen LogP contribution >= 0.6 is 0 Å². The van der Waals surface area contributed by atoms with Gasteiger partial charge in [-0.2, -0.15) is 0 Å². The first kappa shape index (κ1) is 14.3. The highest BCUT2D eigenvalue weighted by atomic mass is 15.2. The van der Waals surface area contributed by atoms with Crippen LogP contribution in [-0.4, -0.2) is 24.1 Å². The molecule has 1 aliphatic rings. The Balaban J connectivity index is 1.99. The molecular formula is C16H27N3. The molecule has 0 aliphatic heterocycles. The molecule has 1 N–H and O–H groups in total. The molecule has 0 spiro atoms. The van der Waals surface area contributed by atoms with Crippen LogP contribution in [0.5, 0.6) is 0 Å². The lowest BCUT2D eigenvalue weighted by Crippen LogP contribution is -2.26. The van der Waals surface area contributed by atoms with E-state index >= 15 is 0 Å². The molecule has 19 heavy (non-hydrogen) atoms. The van der Waals surface area contributed by atoms with Crippen molar-refractivity contribution < 1.29 is 0 Å². The summed E-state index contributed by atoms with van der Waals surface area (Å²) in [5, 5.41) is 3.49. The second-order valence-corrected chi connectivity index (χ2v) is 5.96. The molecule has 1 saturated carbocycles. The van der Waals surface area contributed by atoms with Crippen molar-refractivity contribution in [3.8, 4) is 0 Å². The number of hydrogen-bond donors (Lipinski definition) is 1. The van der Waals surface area contributed by atoms with Crippen molar-refractivity contribution >= 4 is 5.82 Å². The summed E-state index contributed by atoms with van der Waals surface area (Å²) < 4.78 is 0. The van der Waals surface area contributed by atoms with Crippen LogP contribution in [-0.2, 0) is 6.54 Å². The molecule has 106 valence electrons. The minimum Gasteiger partial charge on any atom is -0.354 e. The van der Waals surface area contributed by atoms with E-state index in [1.807, 2.05) is 0 Å². The molecule has 0 bridgehead atoms. The van der Waals surface area contributed by atoms with E-state index in [1.54, 1.807) is 0 Å². The lowest BCUT2D eigenvalue weighted by Gasteiger charge is -2.22. The molecule has 0 unspecified atom stereocenters. The standard InChI is InChI=1S/C16H27N3/c1-5-19(15-7-8-15)16-9-6-14(13(4)18-16)11-17-10-12(2)3/h6,9,12,15,17H,5,7-8,10-11H2,1-4H3. The largest absolute Gasteiger partial charge is 0.354 e. The molecule has 1 aromatic heterocycles. The number of nitrogens with zero attached hydrogens (tertiary/aromatic N) is 2. The van der Waals surface area contributed by atoms with E-state index in [0.717, 1.165) is 37.2 Å². The highest BCUT2D eigenvalue weighted by molar-refractivity contribution is 5.44. The smallest absolute Gasteiger partial charge is 0.129 e. The van der Waals surface area contributed by atoms with E-state index in [9.17, 15) is 0 Å². The number of nitrogens with one attached hydrogen (secondary N) is 1. The Hall–Kier alpha value is -1.09. The van der Waals surface area contributed by atoms with Crippen molar-refractivity contribution in [2.24, 2.45) is 5.92 Å². The number of aryl methyl sites for hydroxylation is 1. The van der Waals surface area contributed by atoms with Gasteiger partial charge in [-0.25, -0.2) is 4.98 Å². The Labute approximate surface area is 117 Å². The quantitative estimate of drug-likeness (QED) is 0.817. The van der Waals surface area contributed by atoms with Gasteiger partial charge in [0.05, 0.1) is 0 Å². The van der Waals surface area contributed by atoms with E-state index in [1.165, 1.54) is 18.4 Å². The summed E-state index contributed by atoms with van der Waals surface area (Å²) >= 11 is 0. The Morgan fingerprint density at radius 2 is 2.11 bits per heavy atom. The van der Waals surface area contributed by atoms with Gasteiger partial charge in [-0.05, 0) is 50.8 Å². The van der Waals surface area contributed by atoms with E-state index in [0.29, 0.717) is 5.92 Å². The zero-order valence-electron chi connectivity index (χ0n) is 12.7. The van der Waals surface area contributed by atoms with Crippen molar-refractivity contribution in [3.63, 3.8) is 0 Å². The maximum Gasteiger partial charge on any atom is 0.129 e. The zero-order valence-corrected chi connectivity index (χ0v) is 12.7. The second kappa shape index (κ2) is 6.38. The molecule has 3 heteroatoms. The maximum atomic E-state index is 4.79. The Morgan fingerprint density at radius 1 is 1.37 bits per heavy atom. The Morgan fingerprint density at radius 3 is 2.63 bits per heavy atom. The molecule has 1 heterocycles. The van der Waals surface area contributed by atoms with Gasteiger partial charge in [0, 0.05) is 24.8 Å². The molecule has 1 aromatic rings. The van der Waals surface area contributed by atoms with Crippen LogP contribution in [0.15, 0.2) is 12.1 Å². The monoisotopic (exact) mass is 261 g/mol. The molecule has 1 aliphatic carbocycles. The average Bonchev–Trinajstić information content (AvgIpc) is 3.17. The van der Waals surface area contributed by atoms with Crippen LogP contribution < -0.4 is 10.2 Å². The van der Waals surface area contributed by atoms with Gasteiger partial charge in [0.1, 0.15) is 5.82 Å². The summed E-state index contributed by atoms with van der Waals surface area (Å²) in [7, 11) is 0. The lowest BCUT2D eigenvalue weighted by molar-refractivity contribution is 0.551. The normalized spacial score (nSPS) is 15.0. The summed E-state index contributed by atoms with van der Waals surface area (Å²) in [6.45, 7) is 11.8. The predicted molar refractivity (Wildman–Crippen MR) is 81.6 cm³/mol. The third kappa shape index (κ3) is 3.93. The summed E-state index contributed by atoms with van der Waals surface area (Å²) in [6, 6.07) is 5.15. The minimum atomic E-state index is 0.693. The first-order chi connectivity index (χ1) is 9.11. The number of hydrogen-bond acceptors (Lipinski definition) is 3. The molecule has 3 nitrogen and oxygen atoms in total. The second-order valence-electron chi connectivity index (χ2n) is 5.96. The molecule has 0 aromatic carbocycles. The number of rotatable bonds is 7. The van der Waals surface area contributed by atoms with Gasteiger partial charge in [-0.3, -0.25) is 0 Å². The highest BCUT2D eigenvalue weighted by Gasteiger charge is 2.28. The SMILES string of the molecule is CCN(c1ccc(CNCC(C)C)c(C)n1)C1CC1. The first-order valence-electron chi connectivity index (χ1n) is 7.55. The van der Waals surface area contributed by atoms with Crippen molar-refractivity contribution in [1.82, 2.24) is 10.3 Å². The maximum absolute atomic E-state index is 4.79. The van der Waals surface area contributed by atoms with Gasteiger partial charge in [0.15, 0.2) is 0 Å². The van der Waals surface area contributed by atoms with Crippen LogP contribution in [0.4, 0.5) is 5.82 Å². The molecule has 0 atom stereocenters. The minimum absolute atomic E-state index is 0.693. The van der Waals surface area contributed by atoms with Crippen LogP contribution in [0.1, 0.15) is 44.9 Å². The van der Waals surface area contributed by atoms with Gasteiger partial charge < -0.3 is 10.2 Å². The van der Waals surface area contributed by atoms with E-state index < -0.39 is 0 Å². The fourth-order valence-electron chi connectivity index (χ4n) is 2.41. The number of anilines is 1. The van der Waals surface area contributed by atoms with E-state index in [2.05, 4.69) is 50.0 Å². The Bertz CT molecular complexity index is 410. The third-order valence-electron chi connectivity index (χ3n) is 3.67. The van der Waals surface area contributed by atoms with Crippen LogP contribution in [0.2, 0.25) is 0 Å². The molecule has 0 amide bonds. The third-order valence-corrected chi connectivity index (χ3v) is 3.67. The summed E-state index contributed by atoms with van der Waals surface area (Å²) in [5.74, 6) is 1.84. The van der Waals surface area contributed by atoms with Crippen LogP contribution in [0, 0.1) is 12.8 Å². The van der Waals surface area contributed by atoms with Crippen molar-refractivity contribution in [3.05, 3.63) is 23.4 Å². The van der Waals surface area contributed by atoms with Gasteiger partial charge >= 0.3 is 0 Å². The van der Waals surface area contributed by atoms with Crippen molar-refractivity contribution in [2.45, 2.75) is 53.1 Å². The van der Waals surface area contributed by atoms with Crippen LogP contribution in [0.25, 0.3) is 0 Å². The van der Waals surface area contributed by atoms with E-state index in [4.69, 9.17) is 4.98 Å². The van der Waals surface area contributed by atoms with Crippen LogP contribution in [0.3, 0.4) is 0 Å². The van der Waals surface area contributed by atoms with Gasteiger partial charge in [-0.15, -0.1) is 0 Å². The van der Waals surface area contributed by atoms with Crippen molar-refractivity contribution in [1.29, 1.82) is 0 Å². The molecule has 0 radical (unpaired) electrons. The highest BCUT2D eigenvalue weighted by Crippen LogP contribution is 2.30. The number of aromatic nitrogens is 1. The van der Waals surface area contributed by atoms with Crippen molar-refractivity contribution in [2.75, 3.05) is 18.0 Å². The number of pyridine rings is 1. The summed E-state index contributed by atoms with van der Waals surface area (Å²) in [5.41, 5.74) is 2.48. The molecule has 1 fully saturated rings. The fourth-order valence-corrected chi connectivity index (χ4v) is 2.41. The Kier molecular flexibility index (Phi) is 4.81. The fraction of sp³-hybridized carbons (Fsp3) is 0.688. The van der Waals surface area contributed by atoms with Gasteiger partial charge in [0.2, 0.25) is 0 Å². The summed E-state index contributed by atoms with van der Waals surface area (Å²) in [4.78, 5) is 7.22. The molecule has 2 rings (SSSR count). The van der Waals surface area contributed by atoms with Gasteiger partial charge in [-0.1, -0.05) is 19.9 Å². The zero-order chi connectivity index (χ0) is 13.8. The predicted octanol–water partition coefficient (Wildman–Crippen LogP) is 3.12. The first-order valence-corrected chi connectivity index (χ1v) is 7.55. The topological polar surface area (TPSA) is 28.2 Å². The lowest BCUT2D eigenvalue weighted by atomic mass is 10.1. The van der Waals surface area contributed by atoms with E-state index in [-0.39, 0.29) is 0 Å². The van der Waals surface area contributed by atoms with Gasteiger partial charge in [0.25, 0.3) is 0 Å². The molecule has 0 saturated heterocycles. The average molecular weight is 261 g/mol. The summed E-state index contributed by atoms with van der Waals surface area (Å²) in [6.07, 6.45) is 2.65. The molecular weight excluding hydrogens is 234 g/mol.